The molecule has 2 aromatic rings. The molecule has 0 aliphatic rings. The van der Waals surface area contributed by atoms with Crippen LogP contribution in [0.25, 0.3) is 11.1 Å². The molecule has 138 valence electrons. The summed E-state index contributed by atoms with van der Waals surface area (Å²) in [6, 6.07) is 12.1. The van der Waals surface area contributed by atoms with E-state index >= 15 is 0 Å². The predicted octanol–water partition coefficient (Wildman–Crippen LogP) is 6.11. The largest absolute Gasteiger partial charge is 0.339 e. The second-order valence-corrected chi connectivity index (χ2v) is 10.3. The standard InChI is InChI=1S/C18H18I2N2O2S2/c1-21(2)17(23)25-15-9-11(19)5-7-13(15)14-8-6-12(20)10-16(14)26-18(24)22(3)4/h5-10H,1-4H3. The van der Waals surface area contributed by atoms with Gasteiger partial charge in [-0.2, -0.15) is 0 Å². The van der Waals surface area contributed by atoms with Crippen molar-refractivity contribution in [3.63, 3.8) is 0 Å². The summed E-state index contributed by atoms with van der Waals surface area (Å²) in [5.41, 5.74) is 1.91. The van der Waals surface area contributed by atoms with E-state index in [1.807, 2.05) is 36.4 Å². The van der Waals surface area contributed by atoms with Crippen LogP contribution in [0.4, 0.5) is 9.59 Å². The van der Waals surface area contributed by atoms with Crippen LogP contribution >= 0.6 is 68.7 Å². The number of amides is 2. The maximum atomic E-state index is 12.2. The number of hydrogen-bond acceptors (Lipinski definition) is 4. The van der Waals surface area contributed by atoms with E-state index in [-0.39, 0.29) is 10.5 Å². The van der Waals surface area contributed by atoms with Gasteiger partial charge >= 0.3 is 0 Å². The lowest BCUT2D eigenvalue weighted by atomic mass is 10.1. The van der Waals surface area contributed by atoms with Gasteiger partial charge in [-0.25, -0.2) is 0 Å². The van der Waals surface area contributed by atoms with Gasteiger partial charge in [-0.3, -0.25) is 9.59 Å². The number of thioether (sulfide) groups is 2. The highest BCUT2D eigenvalue weighted by atomic mass is 127. The van der Waals surface area contributed by atoms with Crippen LogP contribution in [0.15, 0.2) is 46.2 Å². The van der Waals surface area contributed by atoms with Crippen molar-refractivity contribution in [1.82, 2.24) is 9.80 Å². The van der Waals surface area contributed by atoms with Gasteiger partial charge in [0.15, 0.2) is 0 Å². The van der Waals surface area contributed by atoms with E-state index in [9.17, 15) is 9.59 Å². The van der Waals surface area contributed by atoms with Crippen LogP contribution in [0.2, 0.25) is 0 Å². The minimum Gasteiger partial charge on any atom is -0.339 e. The molecule has 0 fully saturated rings. The Morgan fingerprint density at radius 1 is 0.731 bits per heavy atom. The quantitative estimate of drug-likeness (QED) is 0.310. The fourth-order valence-corrected chi connectivity index (χ4v) is 5.07. The maximum absolute atomic E-state index is 12.2. The third-order valence-electron chi connectivity index (χ3n) is 3.30. The summed E-state index contributed by atoms with van der Waals surface area (Å²) in [5.74, 6) is 0. The summed E-state index contributed by atoms with van der Waals surface area (Å²) >= 11 is 6.89. The van der Waals surface area contributed by atoms with Gasteiger partial charge in [-0.1, -0.05) is 12.1 Å². The molecule has 0 saturated carbocycles. The fraction of sp³-hybridized carbons (Fsp3) is 0.222. The Hall–Kier alpha value is -0.460. The molecular weight excluding hydrogens is 594 g/mol. The van der Waals surface area contributed by atoms with Crippen LogP contribution in [-0.2, 0) is 0 Å². The Kier molecular flexibility index (Phi) is 8.10. The van der Waals surface area contributed by atoms with E-state index in [2.05, 4.69) is 45.2 Å². The zero-order valence-corrected chi connectivity index (χ0v) is 20.7. The van der Waals surface area contributed by atoms with Gasteiger partial charge in [0.1, 0.15) is 0 Å². The topological polar surface area (TPSA) is 40.6 Å². The molecule has 2 rings (SSSR count). The SMILES string of the molecule is CN(C)C(=O)Sc1cc(I)ccc1-c1ccc(I)cc1SC(=O)N(C)C. The third kappa shape index (κ3) is 5.77. The van der Waals surface area contributed by atoms with Crippen molar-refractivity contribution >= 4 is 79.2 Å². The lowest BCUT2D eigenvalue weighted by molar-refractivity contribution is 0.240. The molecule has 26 heavy (non-hydrogen) atoms. The number of hydrogen-bond donors (Lipinski definition) is 0. The number of halogens is 2. The number of carbonyl (C=O) groups excluding carboxylic acids is 2. The molecular formula is C18H18I2N2O2S2. The average Bonchev–Trinajstić information content (AvgIpc) is 2.55. The normalized spacial score (nSPS) is 10.5. The van der Waals surface area contributed by atoms with Crippen LogP contribution in [0, 0.1) is 7.14 Å². The first-order chi connectivity index (χ1) is 12.2. The van der Waals surface area contributed by atoms with E-state index in [0.29, 0.717) is 0 Å². The first kappa shape index (κ1) is 21.8. The molecule has 0 radical (unpaired) electrons. The van der Waals surface area contributed by atoms with Crippen molar-refractivity contribution < 1.29 is 9.59 Å². The molecule has 2 amide bonds. The first-order valence-electron chi connectivity index (χ1n) is 7.56. The molecule has 0 unspecified atom stereocenters. The van der Waals surface area contributed by atoms with Crippen LogP contribution in [0.5, 0.6) is 0 Å². The highest BCUT2D eigenvalue weighted by Crippen LogP contribution is 2.39. The summed E-state index contributed by atoms with van der Waals surface area (Å²) in [6.07, 6.45) is 0. The maximum Gasteiger partial charge on any atom is 0.285 e. The molecule has 0 spiro atoms. The van der Waals surface area contributed by atoms with Gasteiger partial charge in [0, 0.05) is 45.1 Å². The minimum atomic E-state index is -0.0302. The molecule has 0 atom stereocenters. The summed E-state index contributed by atoms with van der Waals surface area (Å²) in [6.45, 7) is 0. The van der Waals surface area contributed by atoms with Gasteiger partial charge in [0.05, 0.1) is 0 Å². The van der Waals surface area contributed by atoms with Gasteiger partial charge in [-0.15, -0.1) is 0 Å². The number of carbonyl (C=O) groups is 2. The van der Waals surface area contributed by atoms with Crippen molar-refractivity contribution in [2.45, 2.75) is 9.79 Å². The number of nitrogens with zero attached hydrogens (tertiary/aromatic N) is 2. The molecule has 0 aliphatic heterocycles. The Morgan fingerprint density at radius 2 is 1.08 bits per heavy atom. The summed E-state index contributed by atoms with van der Waals surface area (Å²) < 4.78 is 2.12. The van der Waals surface area contributed by atoms with E-state index in [1.54, 1.807) is 38.0 Å². The fourth-order valence-electron chi connectivity index (χ4n) is 1.98. The third-order valence-corrected chi connectivity index (χ3v) is 6.84. The molecule has 8 heteroatoms. The van der Waals surface area contributed by atoms with Gasteiger partial charge in [0.2, 0.25) is 0 Å². The molecule has 0 saturated heterocycles. The predicted molar refractivity (Wildman–Crippen MR) is 127 cm³/mol. The monoisotopic (exact) mass is 612 g/mol. The van der Waals surface area contributed by atoms with Crippen LogP contribution in [0.1, 0.15) is 0 Å². The van der Waals surface area contributed by atoms with Crippen LogP contribution in [0.3, 0.4) is 0 Å². The Bertz CT molecular complexity index is 772. The zero-order valence-electron chi connectivity index (χ0n) is 14.7. The minimum absolute atomic E-state index is 0.0302. The summed E-state index contributed by atoms with van der Waals surface area (Å²) in [4.78, 5) is 29.4. The molecule has 0 aromatic heterocycles. The van der Waals surface area contributed by atoms with E-state index in [4.69, 9.17) is 0 Å². The van der Waals surface area contributed by atoms with Crippen molar-refractivity contribution in [3.05, 3.63) is 43.5 Å². The molecule has 0 aliphatic carbocycles. The lowest BCUT2D eigenvalue weighted by Gasteiger charge is -2.16. The van der Waals surface area contributed by atoms with Gasteiger partial charge < -0.3 is 9.80 Å². The van der Waals surface area contributed by atoms with Crippen molar-refractivity contribution in [1.29, 1.82) is 0 Å². The van der Waals surface area contributed by atoms with Crippen LogP contribution in [-0.4, -0.2) is 48.5 Å². The Balaban J connectivity index is 2.54. The Morgan fingerprint density at radius 3 is 1.38 bits per heavy atom. The smallest absolute Gasteiger partial charge is 0.285 e. The highest BCUT2D eigenvalue weighted by Gasteiger charge is 2.18. The van der Waals surface area contributed by atoms with E-state index in [1.165, 1.54) is 23.5 Å². The average molecular weight is 612 g/mol. The second-order valence-electron chi connectivity index (χ2n) is 5.81. The summed E-state index contributed by atoms with van der Waals surface area (Å²) in [7, 11) is 6.96. The first-order valence-corrected chi connectivity index (χ1v) is 11.4. The molecule has 0 heterocycles. The highest BCUT2D eigenvalue weighted by molar-refractivity contribution is 14.1. The van der Waals surface area contributed by atoms with Crippen molar-refractivity contribution in [2.24, 2.45) is 0 Å². The summed E-state index contributed by atoms with van der Waals surface area (Å²) in [5, 5.41) is -0.0605. The molecule has 4 nitrogen and oxygen atoms in total. The van der Waals surface area contributed by atoms with E-state index in [0.717, 1.165) is 28.1 Å². The molecule has 2 aromatic carbocycles. The van der Waals surface area contributed by atoms with Crippen molar-refractivity contribution in [2.75, 3.05) is 28.2 Å². The Labute approximate surface area is 189 Å². The van der Waals surface area contributed by atoms with E-state index < -0.39 is 0 Å². The molecule has 0 N–H and O–H groups in total. The second kappa shape index (κ2) is 9.65. The number of rotatable bonds is 3. The molecule has 0 bridgehead atoms. The van der Waals surface area contributed by atoms with Crippen molar-refractivity contribution in [3.8, 4) is 11.1 Å². The zero-order chi connectivity index (χ0) is 19.4. The van der Waals surface area contributed by atoms with Gasteiger partial charge in [0.25, 0.3) is 10.5 Å². The van der Waals surface area contributed by atoms with Gasteiger partial charge in [-0.05, 0) is 104 Å². The van der Waals surface area contributed by atoms with Crippen LogP contribution < -0.4 is 0 Å². The lowest BCUT2D eigenvalue weighted by Crippen LogP contribution is -2.16. The number of benzene rings is 2.